The highest BCUT2D eigenvalue weighted by Crippen LogP contribution is 2.44. The van der Waals surface area contributed by atoms with E-state index in [2.05, 4.69) is 53.3 Å². The molecule has 238 valence electrons. The number of aromatic nitrogens is 1. The Kier molecular flexibility index (Phi) is 8.55. The molecule has 3 aliphatic heterocycles. The third kappa shape index (κ3) is 6.53. The summed E-state index contributed by atoms with van der Waals surface area (Å²) in [5.41, 5.74) is 8.73. The van der Waals surface area contributed by atoms with Crippen LogP contribution in [-0.4, -0.2) is 58.2 Å². The summed E-state index contributed by atoms with van der Waals surface area (Å²) in [5, 5.41) is 3.15. The summed E-state index contributed by atoms with van der Waals surface area (Å²) in [6, 6.07) is 16.0. The van der Waals surface area contributed by atoms with Crippen LogP contribution in [0.1, 0.15) is 84.5 Å². The van der Waals surface area contributed by atoms with Crippen molar-refractivity contribution in [2.75, 3.05) is 19.6 Å². The van der Waals surface area contributed by atoms with E-state index in [4.69, 9.17) is 11.6 Å². The van der Waals surface area contributed by atoms with Gasteiger partial charge in [0.1, 0.15) is 6.04 Å². The van der Waals surface area contributed by atoms with Gasteiger partial charge >= 0.3 is 0 Å². The number of piperidine rings is 1. The smallest absolute Gasteiger partial charge is 0.255 e. The van der Waals surface area contributed by atoms with E-state index in [1.807, 2.05) is 36.7 Å². The predicted octanol–water partition coefficient (Wildman–Crippen LogP) is 6.85. The van der Waals surface area contributed by atoms with Crippen LogP contribution in [0.15, 0.2) is 71.4 Å². The number of amides is 3. The van der Waals surface area contributed by atoms with Gasteiger partial charge < -0.3 is 4.90 Å². The van der Waals surface area contributed by atoms with Crippen molar-refractivity contribution in [2.45, 2.75) is 75.1 Å². The van der Waals surface area contributed by atoms with E-state index in [1.54, 1.807) is 22.2 Å². The van der Waals surface area contributed by atoms with Crippen LogP contribution in [0.3, 0.4) is 0 Å². The van der Waals surface area contributed by atoms with E-state index >= 15 is 0 Å². The Bertz CT molecular complexity index is 1730. The first kappa shape index (κ1) is 31.2. The maximum atomic E-state index is 13.0. The average Bonchev–Trinajstić information content (AvgIpc) is 3.33. The fourth-order valence-electron chi connectivity index (χ4n) is 7.26. The summed E-state index contributed by atoms with van der Waals surface area (Å²) >= 11 is 7.92. The number of imide groups is 1. The van der Waals surface area contributed by atoms with Crippen LogP contribution >= 0.6 is 23.4 Å². The van der Waals surface area contributed by atoms with Gasteiger partial charge in [-0.2, -0.15) is 0 Å². The number of carbonyl (C=O) groups is 3. The highest BCUT2D eigenvalue weighted by Gasteiger charge is 2.39. The summed E-state index contributed by atoms with van der Waals surface area (Å²) in [6.07, 6.45) is 8.05. The minimum atomic E-state index is -0.595. The summed E-state index contributed by atoms with van der Waals surface area (Å²) in [5.74, 6) is 0.474. The lowest BCUT2D eigenvalue weighted by Gasteiger charge is -2.42. The van der Waals surface area contributed by atoms with Crippen molar-refractivity contribution in [2.24, 2.45) is 5.41 Å². The normalized spacial score (nSPS) is 21.8. The molecule has 0 bridgehead atoms. The molecule has 0 spiro atoms. The zero-order valence-electron chi connectivity index (χ0n) is 26.4. The molecule has 9 heteroatoms. The van der Waals surface area contributed by atoms with Crippen LogP contribution in [0.25, 0.3) is 5.57 Å². The van der Waals surface area contributed by atoms with Crippen molar-refractivity contribution in [3.8, 4) is 0 Å². The molecule has 1 aliphatic carbocycles. The molecule has 2 aromatic carbocycles. The highest BCUT2D eigenvalue weighted by atomic mass is 35.5. The van der Waals surface area contributed by atoms with E-state index in [-0.39, 0.29) is 24.1 Å². The molecule has 1 unspecified atom stereocenters. The zero-order valence-corrected chi connectivity index (χ0v) is 27.9. The minimum absolute atomic E-state index is 0.141. The van der Waals surface area contributed by atoms with E-state index in [0.29, 0.717) is 29.9 Å². The third-order valence-corrected chi connectivity index (χ3v) is 11.3. The summed E-state index contributed by atoms with van der Waals surface area (Å²) in [6.45, 7) is 8.25. The van der Waals surface area contributed by atoms with Gasteiger partial charge in [-0.1, -0.05) is 49.2 Å². The molecule has 4 heterocycles. The standard InChI is InChI=1S/C37H39ClN4O3S/c1-37(2)12-11-25(32(15-37)24-3-5-29(38)6-4-24)18-41-19-28(20-41)26-13-23(16-39-17-26)22-46-30-7-8-31-27(14-30)21-42(36(31)45)33-9-10-34(43)40-35(33)44/h3-8,13-14,16-17,28,33H,9-12,15,18-22H2,1-2H3,(H,40,43,44). The maximum absolute atomic E-state index is 13.0. The Balaban J connectivity index is 0.958. The van der Waals surface area contributed by atoms with Crippen LogP contribution < -0.4 is 5.32 Å². The summed E-state index contributed by atoms with van der Waals surface area (Å²) in [7, 11) is 0. The molecule has 4 aliphatic rings. The number of carbonyl (C=O) groups excluding carboxylic acids is 3. The van der Waals surface area contributed by atoms with Crippen molar-refractivity contribution < 1.29 is 14.4 Å². The lowest BCUT2D eigenvalue weighted by Crippen LogP contribution is -2.52. The van der Waals surface area contributed by atoms with Crippen LogP contribution in [0.5, 0.6) is 0 Å². The van der Waals surface area contributed by atoms with Gasteiger partial charge in [-0.25, -0.2) is 0 Å². The van der Waals surface area contributed by atoms with Crippen LogP contribution in [0.2, 0.25) is 5.02 Å². The van der Waals surface area contributed by atoms with Gasteiger partial charge in [0.2, 0.25) is 11.8 Å². The molecule has 2 saturated heterocycles. The predicted molar refractivity (Wildman–Crippen MR) is 181 cm³/mol. The second-order valence-electron chi connectivity index (χ2n) is 14.0. The average molecular weight is 655 g/mol. The molecule has 0 radical (unpaired) electrons. The number of fused-ring (bicyclic) bond motifs is 1. The number of halogens is 1. The van der Waals surface area contributed by atoms with Gasteiger partial charge in [-0.05, 0) is 89.3 Å². The number of hydrogen-bond acceptors (Lipinski definition) is 6. The quantitative estimate of drug-likeness (QED) is 0.211. The van der Waals surface area contributed by atoms with Gasteiger partial charge in [0.05, 0.1) is 0 Å². The SMILES string of the molecule is CC1(C)CCC(CN2CC(c3cncc(CSc4ccc5c(c4)CN(C4CCC(=O)NC4=O)C5=O)c3)C2)=C(c2ccc(Cl)cc2)C1. The number of likely N-dealkylation sites (tertiary alicyclic amines) is 1. The first-order valence-corrected chi connectivity index (χ1v) is 17.5. The Hall–Kier alpha value is -3.46. The fraction of sp³-hybridized carbons (Fsp3) is 0.405. The number of hydrogen-bond donors (Lipinski definition) is 1. The molecule has 1 aromatic heterocycles. The number of allylic oxidation sites excluding steroid dienone is 1. The second-order valence-corrected chi connectivity index (χ2v) is 15.4. The third-order valence-electron chi connectivity index (χ3n) is 9.94. The zero-order chi connectivity index (χ0) is 32.0. The molecule has 7 rings (SSSR count). The van der Waals surface area contributed by atoms with Crippen molar-refractivity contribution >= 4 is 46.7 Å². The molecule has 1 N–H and O–H groups in total. The minimum Gasteiger partial charge on any atom is -0.322 e. The molecule has 2 fully saturated rings. The number of rotatable bonds is 8. The van der Waals surface area contributed by atoms with Gasteiger partial charge in [-0.3, -0.25) is 29.6 Å². The molecular formula is C37H39ClN4O3S. The van der Waals surface area contributed by atoms with Gasteiger partial charge in [0, 0.05) is 72.1 Å². The van der Waals surface area contributed by atoms with Gasteiger partial charge in [0.25, 0.3) is 5.91 Å². The van der Waals surface area contributed by atoms with E-state index in [1.165, 1.54) is 28.7 Å². The van der Waals surface area contributed by atoms with E-state index < -0.39 is 6.04 Å². The van der Waals surface area contributed by atoms with Crippen LogP contribution in [0, 0.1) is 5.41 Å². The Labute approximate surface area is 279 Å². The molecule has 3 amide bonds. The monoisotopic (exact) mass is 654 g/mol. The van der Waals surface area contributed by atoms with Gasteiger partial charge in [-0.15, -0.1) is 11.8 Å². The summed E-state index contributed by atoms with van der Waals surface area (Å²) in [4.78, 5) is 46.8. The number of nitrogens with one attached hydrogen (secondary N) is 1. The molecule has 46 heavy (non-hydrogen) atoms. The molecule has 7 nitrogen and oxygen atoms in total. The molecule has 0 saturated carbocycles. The fourth-order valence-corrected chi connectivity index (χ4v) is 8.27. The van der Waals surface area contributed by atoms with Crippen LogP contribution in [-0.2, 0) is 21.9 Å². The van der Waals surface area contributed by atoms with E-state index in [0.717, 1.165) is 53.7 Å². The second kappa shape index (κ2) is 12.6. The molecule has 3 aromatic rings. The number of pyridine rings is 1. The lowest BCUT2D eigenvalue weighted by molar-refractivity contribution is -0.136. The Morgan fingerprint density at radius 2 is 1.83 bits per heavy atom. The first-order chi connectivity index (χ1) is 22.1. The van der Waals surface area contributed by atoms with Crippen LogP contribution in [0.4, 0.5) is 0 Å². The Morgan fingerprint density at radius 3 is 2.61 bits per heavy atom. The maximum Gasteiger partial charge on any atom is 0.255 e. The van der Waals surface area contributed by atoms with E-state index in [9.17, 15) is 14.4 Å². The van der Waals surface area contributed by atoms with Crippen molar-refractivity contribution in [3.63, 3.8) is 0 Å². The molecular weight excluding hydrogens is 616 g/mol. The number of nitrogens with zero attached hydrogens (tertiary/aromatic N) is 3. The largest absolute Gasteiger partial charge is 0.322 e. The topological polar surface area (TPSA) is 82.6 Å². The van der Waals surface area contributed by atoms with Crippen molar-refractivity contribution in [1.82, 2.24) is 20.1 Å². The van der Waals surface area contributed by atoms with Crippen molar-refractivity contribution in [1.29, 1.82) is 0 Å². The Morgan fingerprint density at radius 1 is 1.02 bits per heavy atom. The number of benzene rings is 2. The highest BCUT2D eigenvalue weighted by molar-refractivity contribution is 7.98. The van der Waals surface area contributed by atoms with Crippen molar-refractivity contribution in [3.05, 3.63) is 99.3 Å². The first-order valence-electron chi connectivity index (χ1n) is 16.2. The summed E-state index contributed by atoms with van der Waals surface area (Å²) < 4.78 is 0. The lowest BCUT2D eigenvalue weighted by atomic mass is 9.72. The number of thioether (sulfide) groups is 1. The van der Waals surface area contributed by atoms with Gasteiger partial charge in [0.15, 0.2) is 0 Å². The molecule has 1 atom stereocenters.